The number of nitrogens with zero attached hydrogens (tertiary/aromatic N) is 2. The lowest BCUT2D eigenvalue weighted by atomic mass is 10.1. The lowest BCUT2D eigenvalue weighted by Crippen LogP contribution is -2.49. The van der Waals surface area contributed by atoms with E-state index in [1.54, 1.807) is 17.0 Å². The highest BCUT2D eigenvalue weighted by Crippen LogP contribution is 2.18. The van der Waals surface area contributed by atoms with Crippen LogP contribution in [-0.2, 0) is 0 Å². The van der Waals surface area contributed by atoms with Crippen molar-refractivity contribution < 1.29 is 4.79 Å². The molecule has 0 radical (unpaired) electrons. The molecule has 1 N–H and O–H groups in total. The van der Waals surface area contributed by atoms with Gasteiger partial charge in [-0.25, -0.2) is 0 Å². The molecule has 0 spiro atoms. The third kappa shape index (κ3) is 3.62. The van der Waals surface area contributed by atoms with Gasteiger partial charge in [0.2, 0.25) is 0 Å². The van der Waals surface area contributed by atoms with Crippen molar-refractivity contribution in [3.63, 3.8) is 0 Å². The molecular weight excluding hydrogens is 338 g/mol. The summed E-state index contributed by atoms with van der Waals surface area (Å²) in [6.45, 7) is 2.73. The Morgan fingerprint density at radius 1 is 0.778 bits per heavy atom. The van der Waals surface area contributed by atoms with Crippen LogP contribution in [0.3, 0.4) is 0 Å². The molecule has 1 fully saturated rings. The minimum absolute atomic E-state index is 0.197. The maximum absolute atomic E-state index is 12.8. The third-order valence-electron chi connectivity index (χ3n) is 4.91. The quantitative estimate of drug-likeness (QED) is 0.782. The number of carbonyl (C=O) groups is 1. The molecule has 0 aliphatic carbocycles. The molecule has 4 rings (SSSR count). The van der Waals surface area contributed by atoms with E-state index in [0.717, 1.165) is 24.3 Å². The number of anilines is 1. The van der Waals surface area contributed by atoms with Crippen LogP contribution < -0.4 is 10.5 Å². The molecule has 0 saturated carbocycles. The second kappa shape index (κ2) is 7.50. The highest BCUT2D eigenvalue weighted by atomic mass is 16.2. The smallest absolute Gasteiger partial charge is 0.261 e. The monoisotopic (exact) mass is 359 g/mol. The molecule has 3 aromatic rings. The molecule has 0 atom stereocenters. The van der Waals surface area contributed by atoms with Crippen LogP contribution in [0.4, 0.5) is 5.69 Å². The second-order valence-electron chi connectivity index (χ2n) is 6.60. The van der Waals surface area contributed by atoms with Crippen LogP contribution in [0.5, 0.6) is 0 Å². The van der Waals surface area contributed by atoms with E-state index in [9.17, 15) is 9.59 Å². The number of H-pyrrole nitrogens is 1. The normalized spacial score (nSPS) is 14.2. The first-order valence-electron chi connectivity index (χ1n) is 9.10. The molecule has 1 aliphatic rings. The molecule has 136 valence electrons. The minimum Gasteiger partial charge on any atom is -0.368 e. The lowest BCUT2D eigenvalue weighted by Gasteiger charge is -2.36. The van der Waals surface area contributed by atoms with Gasteiger partial charge >= 0.3 is 0 Å². The summed E-state index contributed by atoms with van der Waals surface area (Å²) in [6.07, 6.45) is 0. The first kappa shape index (κ1) is 17.1. The molecule has 1 amide bonds. The summed E-state index contributed by atoms with van der Waals surface area (Å²) in [4.78, 5) is 32.1. The summed E-state index contributed by atoms with van der Waals surface area (Å²) in [7, 11) is 0. The summed E-state index contributed by atoms with van der Waals surface area (Å²) >= 11 is 0. The van der Waals surface area contributed by atoms with Gasteiger partial charge in [-0.2, -0.15) is 0 Å². The molecule has 1 aliphatic heterocycles. The number of aromatic nitrogens is 1. The van der Waals surface area contributed by atoms with Gasteiger partial charge in [-0.1, -0.05) is 48.5 Å². The molecule has 2 aromatic carbocycles. The fraction of sp³-hybridized carbons (Fsp3) is 0.182. The maximum atomic E-state index is 12.8. The summed E-state index contributed by atoms with van der Waals surface area (Å²) in [6, 6.07) is 23.2. The maximum Gasteiger partial charge on any atom is 0.261 e. The van der Waals surface area contributed by atoms with Crippen molar-refractivity contribution in [2.75, 3.05) is 31.1 Å². The van der Waals surface area contributed by atoms with Crippen molar-refractivity contribution in [3.8, 4) is 11.3 Å². The first-order chi connectivity index (χ1) is 13.2. The highest BCUT2D eigenvalue weighted by molar-refractivity contribution is 5.94. The number of para-hydroxylation sites is 1. The lowest BCUT2D eigenvalue weighted by molar-refractivity contribution is 0.0745. The Labute approximate surface area is 157 Å². The SMILES string of the molecule is O=C(c1ccc(-c2ccccc2)[nH]c1=O)N1CCN(c2ccccc2)CC1. The molecule has 27 heavy (non-hydrogen) atoms. The number of piperazine rings is 1. The van der Waals surface area contributed by atoms with Gasteiger partial charge in [0.25, 0.3) is 11.5 Å². The van der Waals surface area contributed by atoms with Crippen LogP contribution in [-0.4, -0.2) is 42.0 Å². The Balaban J connectivity index is 1.47. The van der Waals surface area contributed by atoms with Gasteiger partial charge in [0.1, 0.15) is 5.56 Å². The van der Waals surface area contributed by atoms with E-state index in [1.165, 1.54) is 0 Å². The van der Waals surface area contributed by atoms with Crippen molar-refractivity contribution in [3.05, 3.63) is 88.7 Å². The fourth-order valence-corrected chi connectivity index (χ4v) is 3.41. The van der Waals surface area contributed by atoms with E-state index in [-0.39, 0.29) is 17.0 Å². The topological polar surface area (TPSA) is 56.4 Å². The van der Waals surface area contributed by atoms with Gasteiger partial charge in [0.05, 0.1) is 0 Å². The predicted molar refractivity (Wildman–Crippen MR) is 107 cm³/mol. The zero-order valence-electron chi connectivity index (χ0n) is 15.0. The average molecular weight is 359 g/mol. The molecule has 1 saturated heterocycles. The number of pyridine rings is 1. The minimum atomic E-state index is -0.341. The van der Waals surface area contributed by atoms with E-state index in [1.807, 2.05) is 48.5 Å². The van der Waals surface area contributed by atoms with Crippen LogP contribution in [0.25, 0.3) is 11.3 Å². The van der Waals surface area contributed by atoms with Gasteiger partial charge < -0.3 is 14.8 Å². The van der Waals surface area contributed by atoms with Crippen LogP contribution in [0.1, 0.15) is 10.4 Å². The number of rotatable bonds is 3. The number of benzene rings is 2. The van der Waals surface area contributed by atoms with Crippen molar-refractivity contribution in [2.24, 2.45) is 0 Å². The number of amides is 1. The summed E-state index contributed by atoms with van der Waals surface area (Å²) < 4.78 is 0. The third-order valence-corrected chi connectivity index (χ3v) is 4.91. The van der Waals surface area contributed by atoms with E-state index in [2.05, 4.69) is 22.0 Å². The summed E-state index contributed by atoms with van der Waals surface area (Å²) in [5.74, 6) is -0.205. The largest absolute Gasteiger partial charge is 0.368 e. The van der Waals surface area contributed by atoms with Crippen LogP contribution in [0, 0.1) is 0 Å². The molecule has 2 heterocycles. The Morgan fingerprint density at radius 2 is 1.41 bits per heavy atom. The van der Waals surface area contributed by atoms with E-state index in [0.29, 0.717) is 18.8 Å². The van der Waals surface area contributed by atoms with E-state index < -0.39 is 0 Å². The number of carbonyl (C=O) groups excluding carboxylic acids is 1. The molecule has 5 nitrogen and oxygen atoms in total. The van der Waals surface area contributed by atoms with E-state index >= 15 is 0 Å². The van der Waals surface area contributed by atoms with Crippen LogP contribution in [0.15, 0.2) is 77.6 Å². The number of hydrogen-bond acceptors (Lipinski definition) is 3. The zero-order valence-corrected chi connectivity index (χ0v) is 15.0. The molecular formula is C22H21N3O2. The number of aromatic amines is 1. The van der Waals surface area contributed by atoms with Gasteiger partial charge in [0, 0.05) is 37.6 Å². The molecule has 0 bridgehead atoms. The molecule has 1 aromatic heterocycles. The van der Waals surface area contributed by atoms with E-state index in [4.69, 9.17) is 0 Å². The van der Waals surface area contributed by atoms with Crippen LogP contribution >= 0.6 is 0 Å². The van der Waals surface area contributed by atoms with Crippen molar-refractivity contribution in [2.45, 2.75) is 0 Å². The Morgan fingerprint density at radius 3 is 2.04 bits per heavy atom. The Bertz CT molecular complexity index is 975. The van der Waals surface area contributed by atoms with Gasteiger partial charge in [-0.3, -0.25) is 9.59 Å². The standard InChI is InChI=1S/C22H21N3O2/c26-21-19(11-12-20(23-21)17-7-3-1-4-8-17)22(27)25-15-13-24(14-16-25)18-9-5-2-6-10-18/h1-12H,13-16H2,(H,23,26). The Kier molecular flexibility index (Phi) is 4.75. The number of hydrogen-bond donors (Lipinski definition) is 1. The zero-order chi connectivity index (χ0) is 18.6. The average Bonchev–Trinajstić information content (AvgIpc) is 2.74. The Hall–Kier alpha value is -3.34. The second-order valence-corrected chi connectivity index (χ2v) is 6.60. The van der Waals surface area contributed by atoms with Gasteiger partial charge in [-0.15, -0.1) is 0 Å². The molecule has 0 unspecified atom stereocenters. The van der Waals surface area contributed by atoms with Crippen molar-refractivity contribution in [1.29, 1.82) is 0 Å². The van der Waals surface area contributed by atoms with Crippen LogP contribution in [0.2, 0.25) is 0 Å². The van der Waals surface area contributed by atoms with Gasteiger partial charge in [-0.05, 0) is 29.8 Å². The summed E-state index contributed by atoms with van der Waals surface area (Å²) in [5.41, 5.74) is 2.65. The van der Waals surface area contributed by atoms with Crippen molar-refractivity contribution in [1.82, 2.24) is 9.88 Å². The van der Waals surface area contributed by atoms with Crippen molar-refractivity contribution >= 4 is 11.6 Å². The van der Waals surface area contributed by atoms with Gasteiger partial charge in [0.15, 0.2) is 0 Å². The fourth-order valence-electron chi connectivity index (χ4n) is 3.41. The molecule has 5 heteroatoms. The number of nitrogens with one attached hydrogen (secondary N) is 1. The first-order valence-corrected chi connectivity index (χ1v) is 9.10. The highest BCUT2D eigenvalue weighted by Gasteiger charge is 2.24. The summed E-state index contributed by atoms with van der Waals surface area (Å²) in [5, 5.41) is 0. The predicted octanol–water partition coefficient (Wildman–Crippen LogP) is 3.00.